The van der Waals surface area contributed by atoms with Gasteiger partial charge in [0.05, 0.1) is 11.0 Å². The van der Waals surface area contributed by atoms with Crippen LogP contribution < -0.4 is 0 Å². The van der Waals surface area contributed by atoms with Gasteiger partial charge in [0.1, 0.15) is 0 Å². The summed E-state index contributed by atoms with van der Waals surface area (Å²) in [4.78, 5) is 0. The van der Waals surface area contributed by atoms with Gasteiger partial charge in [-0.15, -0.1) is 0 Å². The summed E-state index contributed by atoms with van der Waals surface area (Å²) in [6.07, 6.45) is 0.930. The van der Waals surface area contributed by atoms with Gasteiger partial charge in [0.25, 0.3) is 0 Å². The smallest absolute Gasteiger partial charge is 0.0541 e. The Balaban J connectivity index is 0.935. The largest absolute Gasteiger partial charge is 0.309 e. The summed E-state index contributed by atoms with van der Waals surface area (Å²) in [5.41, 5.74) is 16.9. The van der Waals surface area contributed by atoms with Gasteiger partial charge in [-0.25, -0.2) is 0 Å². The van der Waals surface area contributed by atoms with Crippen molar-refractivity contribution in [3.63, 3.8) is 0 Å². The van der Waals surface area contributed by atoms with E-state index in [1.165, 1.54) is 83.1 Å². The third kappa shape index (κ3) is 4.54. The summed E-state index contributed by atoms with van der Waals surface area (Å²) in [6.45, 7) is 4.68. The van der Waals surface area contributed by atoms with E-state index in [-0.39, 0.29) is 5.41 Å². The summed E-state index contributed by atoms with van der Waals surface area (Å²) < 4.78 is 2.37. The molecule has 47 heavy (non-hydrogen) atoms. The van der Waals surface area contributed by atoms with Crippen molar-refractivity contribution in [3.05, 3.63) is 186 Å². The Labute approximate surface area is 276 Å². The molecule has 9 rings (SSSR count). The monoisotopic (exact) mass is 601 g/mol. The van der Waals surface area contributed by atoms with Gasteiger partial charge in [-0.3, -0.25) is 0 Å². The van der Waals surface area contributed by atoms with E-state index in [2.05, 4.69) is 182 Å². The van der Waals surface area contributed by atoms with E-state index in [9.17, 15) is 0 Å². The molecular weight excluding hydrogens is 567 g/mol. The van der Waals surface area contributed by atoms with Crippen molar-refractivity contribution >= 4 is 21.8 Å². The average molecular weight is 602 g/mol. The average Bonchev–Trinajstić information content (AvgIpc) is 3.57. The lowest BCUT2D eigenvalue weighted by Crippen LogP contribution is -2.14. The standard InChI is InChI=1S/C46H35N/c1-46(2)42-12-6-3-9-38(42)41-30-32(17-28-43(41)46)29-31-15-18-33(19-16-31)34-20-22-35(23-21-34)36-24-26-37(27-25-36)47-44-13-7-4-10-39(44)40-11-5-8-14-45(40)47/h3-28,30H,29H2,1-2H3. The molecule has 0 aliphatic heterocycles. The van der Waals surface area contributed by atoms with Crippen LogP contribution in [0.15, 0.2) is 164 Å². The minimum absolute atomic E-state index is 0.0541. The van der Waals surface area contributed by atoms with Crippen molar-refractivity contribution in [1.29, 1.82) is 0 Å². The third-order valence-corrected chi connectivity index (χ3v) is 10.3. The number of hydrogen-bond acceptors (Lipinski definition) is 0. The first-order chi connectivity index (χ1) is 23.0. The fraction of sp³-hybridized carbons (Fsp3) is 0.0870. The lowest BCUT2D eigenvalue weighted by Gasteiger charge is -2.21. The summed E-state index contributed by atoms with van der Waals surface area (Å²) in [7, 11) is 0. The summed E-state index contributed by atoms with van der Waals surface area (Å²) in [5, 5.41) is 2.57. The molecule has 224 valence electrons. The predicted octanol–water partition coefficient (Wildman–Crippen LogP) is 12.0. The van der Waals surface area contributed by atoms with Crippen molar-refractivity contribution in [2.75, 3.05) is 0 Å². The number of para-hydroxylation sites is 2. The van der Waals surface area contributed by atoms with Crippen molar-refractivity contribution in [2.45, 2.75) is 25.7 Å². The normalized spacial score (nSPS) is 13.1. The van der Waals surface area contributed by atoms with Gasteiger partial charge < -0.3 is 4.57 Å². The molecule has 0 amide bonds. The summed E-state index contributed by atoms with van der Waals surface area (Å²) >= 11 is 0. The maximum absolute atomic E-state index is 2.41. The molecule has 1 heterocycles. The quantitative estimate of drug-likeness (QED) is 0.185. The van der Waals surface area contributed by atoms with E-state index >= 15 is 0 Å². The number of aromatic nitrogens is 1. The van der Waals surface area contributed by atoms with Crippen LogP contribution in [-0.2, 0) is 11.8 Å². The summed E-state index contributed by atoms with van der Waals surface area (Å²) in [5.74, 6) is 0. The van der Waals surface area contributed by atoms with E-state index in [4.69, 9.17) is 0 Å². The Morgan fingerprint density at radius 1 is 0.426 bits per heavy atom. The predicted molar refractivity (Wildman–Crippen MR) is 198 cm³/mol. The van der Waals surface area contributed by atoms with Crippen molar-refractivity contribution in [1.82, 2.24) is 4.57 Å². The molecule has 0 N–H and O–H groups in total. The van der Waals surface area contributed by atoms with Gasteiger partial charge in [-0.2, -0.15) is 0 Å². The maximum Gasteiger partial charge on any atom is 0.0541 e. The van der Waals surface area contributed by atoms with Crippen LogP contribution in [0.2, 0.25) is 0 Å². The molecule has 0 bridgehead atoms. The molecule has 0 atom stereocenters. The summed E-state index contributed by atoms with van der Waals surface area (Å²) in [6, 6.07) is 60.3. The molecular formula is C46H35N. The zero-order chi connectivity index (χ0) is 31.5. The van der Waals surface area contributed by atoms with Crippen molar-refractivity contribution in [2.24, 2.45) is 0 Å². The van der Waals surface area contributed by atoms with Crippen LogP contribution in [0, 0.1) is 0 Å². The second kappa shape index (κ2) is 10.7. The van der Waals surface area contributed by atoms with E-state index in [0.717, 1.165) is 6.42 Å². The highest BCUT2D eigenvalue weighted by atomic mass is 15.0. The Hall–Kier alpha value is -5.66. The fourth-order valence-corrected chi connectivity index (χ4v) is 7.79. The number of fused-ring (bicyclic) bond motifs is 6. The molecule has 0 spiro atoms. The molecule has 0 unspecified atom stereocenters. The van der Waals surface area contributed by atoms with Gasteiger partial charge >= 0.3 is 0 Å². The number of hydrogen-bond donors (Lipinski definition) is 0. The first-order valence-corrected chi connectivity index (χ1v) is 16.6. The van der Waals surface area contributed by atoms with Gasteiger partial charge in [0, 0.05) is 21.9 Å². The van der Waals surface area contributed by atoms with E-state index in [0.29, 0.717) is 0 Å². The Morgan fingerprint density at radius 3 is 1.51 bits per heavy atom. The Morgan fingerprint density at radius 2 is 0.894 bits per heavy atom. The van der Waals surface area contributed by atoms with Gasteiger partial charge in [-0.1, -0.05) is 153 Å². The topological polar surface area (TPSA) is 4.93 Å². The number of benzene rings is 7. The van der Waals surface area contributed by atoms with E-state index < -0.39 is 0 Å². The fourth-order valence-electron chi connectivity index (χ4n) is 7.79. The Kier molecular flexibility index (Phi) is 6.30. The molecule has 1 aliphatic carbocycles. The molecule has 0 fully saturated rings. The first-order valence-electron chi connectivity index (χ1n) is 16.6. The molecule has 8 aromatic rings. The first kappa shape index (κ1) is 27.6. The van der Waals surface area contributed by atoms with Gasteiger partial charge in [0.15, 0.2) is 0 Å². The highest BCUT2D eigenvalue weighted by Gasteiger charge is 2.34. The molecule has 0 saturated heterocycles. The SMILES string of the molecule is CC1(C)c2ccccc2-c2cc(Cc3ccc(-c4ccc(-c5ccc(-n6c7ccccc7c7ccccc76)cc5)cc4)cc3)ccc21. The van der Waals surface area contributed by atoms with Crippen LogP contribution in [0.3, 0.4) is 0 Å². The lowest BCUT2D eigenvalue weighted by molar-refractivity contribution is 0.660. The zero-order valence-electron chi connectivity index (χ0n) is 26.7. The van der Waals surface area contributed by atoms with Crippen LogP contribution in [0.4, 0.5) is 0 Å². The maximum atomic E-state index is 2.41. The van der Waals surface area contributed by atoms with Crippen LogP contribution in [0.25, 0.3) is 60.9 Å². The lowest BCUT2D eigenvalue weighted by atomic mass is 9.82. The van der Waals surface area contributed by atoms with Crippen molar-refractivity contribution < 1.29 is 0 Å². The molecule has 7 aromatic carbocycles. The zero-order valence-corrected chi connectivity index (χ0v) is 26.7. The van der Waals surface area contributed by atoms with Crippen LogP contribution >= 0.6 is 0 Å². The van der Waals surface area contributed by atoms with Crippen molar-refractivity contribution in [3.8, 4) is 39.1 Å². The van der Waals surface area contributed by atoms with E-state index in [1.807, 2.05) is 0 Å². The van der Waals surface area contributed by atoms with Gasteiger partial charge in [0.2, 0.25) is 0 Å². The minimum atomic E-state index is 0.0541. The molecule has 1 nitrogen and oxygen atoms in total. The molecule has 1 heteroatoms. The molecule has 0 radical (unpaired) electrons. The highest BCUT2D eigenvalue weighted by Crippen LogP contribution is 2.48. The van der Waals surface area contributed by atoms with Crippen LogP contribution in [-0.4, -0.2) is 4.57 Å². The molecule has 1 aliphatic rings. The second-order valence-electron chi connectivity index (χ2n) is 13.4. The molecule has 0 saturated carbocycles. The van der Waals surface area contributed by atoms with Crippen LogP contribution in [0.5, 0.6) is 0 Å². The van der Waals surface area contributed by atoms with Crippen LogP contribution in [0.1, 0.15) is 36.1 Å². The number of rotatable bonds is 5. The van der Waals surface area contributed by atoms with Gasteiger partial charge in [-0.05, 0) is 86.3 Å². The molecule has 1 aromatic heterocycles. The minimum Gasteiger partial charge on any atom is -0.309 e. The Bertz CT molecular complexity index is 2370. The third-order valence-electron chi connectivity index (χ3n) is 10.3. The number of nitrogens with zero attached hydrogens (tertiary/aromatic N) is 1. The second-order valence-corrected chi connectivity index (χ2v) is 13.4. The van der Waals surface area contributed by atoms with E-state index in [1.54, 1.807) is 0 Å². The highest BCUT2D eigenvalue weighted by molar-refractivity contribution is 6.09.